The van der Waals surface area contributed by atoms with Crippen molar-refractivity contribution in [2.45, 2.75) is 0 Å². The molecule has 1 aliphatic rings. The summed E-state index contributed by atoms with van der Waals surface area (Å²) in [6.45, 7) is 4.38. The third-order valence-corrected chi connectivity index (χ3v) is 5.70. The number of anilines is 5. The van der Waals surface area contributed by atoms with Gasteiger partial charge in [-0.25, -0.2) is 0 Å². The molecular formula is C27H20N4O2. The molecule has 5 rings (SSSR count). The van der Waals surface area contributed by atoms with Crippen LogP contribution in [-0.2, 0) is 0 Å². The number of hydrogen-bond donors (Lipinski definition) is 1. The van der Waals surface area contributed by atoms with Gasteiger partial charge in [0.15, 0.2) is 0 Å². The number of nitroso groups, excluding NO2 is 1. The highest BCUT2D eigenvalue weighted by atomic mass is 16.3. The first kappa shape index (κ1) is 20.2. The molecule has 2 N–H and O–H groups in total. The van der Waals surface area contributed by atoms with Crippen LogP contribution in [0.2, 0.25) is 0 Å². The number of amides is 1. The van der Waals surface area contributed by atoms with E-state index in [1.807, 2.05) is 71.6 Å². The molecule has 4 aromatic carbocycles. The molecule has 1 heterocycles. The predicted octanol–water partition coefficient (Wildman–Crippen LogP) is 6.77. The summed E-state index contributed by atoms with van der Waals surface area (Å²) in [5, 5.41) is 3.21. The molecule has 4 aromatic rings. The van der Waals surface area contributed by atoms with Gasteiger partial charge in [0.2, 0.25) is 0 Å². The van der Waals surface area contributed by atoms with Crippen LogP contribution in [0.3, 0.4) is 0 Å². The Bertz CT molecular complexity index is 1410. The van der Waals surface area contributed by atoms with Crippen molar-refractivity contribution < 1.29 is 4.79 Å². The summed E-state index contributed by atoms with van der Waals surface area (Å²) >= 11 is 0. The molecule has 0 aliphatic carbocycles. The Morgan fingerprint density at radius 2 is 1.15 bits per heavy atom. The minimum Gasteiger partial charge on any atom is -0.397 e. The molecule has 1 aliphatic heterocycles. The van der Waals surface area contributed by atoms with Crippen LogP contribution in [-0.4, -0.2) is 5.91 Å². The van der Waals surface area contributed by atoms with E-state index in [-0.39, 0.29) is 11.6 Å². The van der Waals surface area contributed by atoms with Crippen molar-refractivity contribution in [3.05, 3.63) is 120 Å². The van der Waals surface area contributed by atoms with Crippen LogP contribution in [0.25, 0.3) is 5.70 Å². The van der Waals surface area contributed by atoms with E-state index in [1.165, 1.54) is 0 Å². The number of hydrogen-bond acceptors (Lipinski definition) is 5. The van der Waals surface area contributed by atoms with Crippen LogP contribution < -0.4 is 15.5 Å². The van der Waals surface area contributed by atoms with Crippen molar-refractivity contribution in [2.24, 2.45) is 5.18 Å². The van der Waals surface area contributed by atoms with Crippen molar-refractivity contribution in [3.63, 3.8) is 0 Å². The van der Waals surface area contributed by atoms with Gasteiger partial charge in [-0.3, -0.25) is 9.69 Å². The Morgan fingerprint density at radius 3 is 1.82 bits per heavy atom. The lowest BCUT2D eigenvalue weighted by Gasteiger charge is -2.36. The number of nitrogens with zero attached hydrogens (tertiary/aromatic N) is 3. The number of fused-ring (bicyclic) bond motifs is 2. The number of benzene rings is 4. The van der Waals surface area contributed by atoms with E-state index in [1.54, 1.807) is 35.2 Å². The largest absolute Gasteiger partial charge is 0.397 e. The van der Waals surface area contributed by atoms with Crippen LogP contribution in [0.5, 0.6) is 0 Å². The summed E-state index contributed by atoms with van der Waals surface area (Å²) in [4.78, 5) is 29.1. The molecule has 0 fully saturated rings. The number of nitrogens with two attached hydrogens (primary N) is 1. The zero-order chi connectivity index (χ0) is 22.9. The minimum absolute atomic E-state index is 0.245. The summed E-state index contributed by atoms with van der Waals surface area (Å²) in [7, 11) is 0. The van der Waals surface area contributed by atoms with Crippen molar-refractivity contribution in [1.82, 2.24) is 0 Å². The highest BCUT2D eigenvalue weighted by Gasteiger charge is 2.33. The van der Waals surface area contributed by atoms with Gasteiger partial charge in [-0.05, 0) is 47.6 Å². The quantitative estimate of drug-likeness (QED) is 0.286. The van der Waals surface area contributed by atoms with Crippen LogP contribution >= 0.6 is 0 Å². The summed E-state index contributed by atoms with van der Waals surface area (Å²) in [5.74, 6) is -0.245. The molecule has 160 valence electrons. The average Bonchev–Trinajstić information content (AvgIpc) is 2.85. The Balaban J connectivity index is 1.84. The third-order valence-electron chi connectivity index (χ3n) is 5.70. The van der Waals surface area contributed by atoms with E-state index < -0.39 is 0 Å². The predicted molar refractivity (Wildman–Crippen MR) is 133 cm³/mol. The maximum atomic E-state index is 14.1. The van der Waals surface area contributed by atoms with E-state index in [9.17, 15) is 9.70 Å². The number of nitrogen functional groups attached to an aromatic ring is 1. The lowest BCUT2D eigenvalue weighted by Crippen LogP contribution is -2.32. The summed E-state index contributed by atoms with van der Waals surface area (Å²) in [6.07, 6.45) is 0. The molecule has 0 bridgehead atoms. The molecule has 0 spiro atoms. The second-order valence-corrected chi connectivity index (χ2v) is 7.60. The third kappa shape index (κ3) is 3.25. The van der Waals surface area contributed by atoms with Gasteiger partial charge in [-0.1, -0.05) is 61.2 Å². The first-order chi connectivity index (χ1) is 16.1. The van der Waals surface area contributed by atoms with Gasteiger partial charge in [-0.2, -0.15) is 0 Å². The first-order valence-corrected chi connectivity index (χ1v) is 10.4. The second-order valence-electron chi connectivity index (χ2n) is 7.60. The van der Waals surface area contributed by atoms with Crippen molar-refractivity contribution in [3.8, 4) is 0 Å². The van der Waals surface area contributed by atoms with E-state index in [4.69, 9.17) is 5.73 Å². The van der Waals surface area contributed by atoms with Crippen LogP contribution in [0.1, 0.15) is 15.9 Å². The Labute approximate surface area is 191 Å². The maximum Gasteiger partial charge on any atom is 0.265 e. The monoisotopic (exact) mass is 432 g/mol. The number of para-hydroxylation sites is 5. The van der Waals surface area contributed by atoms with Crippen LogP contribution in [0.15, 0.2) is 109 Å². The fourth-order valence-corrected chi connectivity index (χ4v) is 4.19. The smallest absolute Gasteiger partial charge is 0.265 e. The molecule has 0 aromatic heterocycles. The maximum absolute atomic E-state index is 14.1. The van der Waals surface area contributed by atoms with Crippen molar-refractivity contribution >= 4 is 45.7 Å². The molecule has 6 heteroatoms. The molecule has 0 unspecified atom stereocenters. The Hall–Kier alpha value is -4.71. The van der Waals surface area contributed by atoms with E-state index >= 15 is 0 Å². The summed E-state index contributed by atoms with van der Waals surface area (Å²) < 4.78 is 0. The number of carbonyl (C=O) groups excluding carboxylic acids is 1. The lowest BCUT2D eigenvalue weighted by atomic mass is 9.99. The molecule has 0 saturated carbocycles. The van der Waals surface area contributed by atoms with Gasteiger partial charge >= 0.3 is 0 Å². The molecule has 33 heavy (non-hydrogen) atoms. The van der Waals surface area contributed by atoms with Gasteiger partial charge < -0.3 is 10.6 Å². The average molecular weight is 432 g/mol. The first-order valence-electron chi connectivity index (χ1n) is 10.4. The highest BCUT2D eigenvalue weighted by Crippen LogP contribution is 2.46. The summed E-state index contributed by atoms with van der Waals surface area (Å²) in [6, 6.07) is 29.0. The fraction of sp³-hybridized carbons (Fsp3) is 0. The van der Waals surface area contributed by atoms with Gasteiger partial charge in [0, 0.05) is 11.3 Å². The summed E-state index contributed by atoms with van der Waals surface area (Å²) in [5.41, 5.74) is 11.2. The van der Waals surface area contributed by atoms with Gasteiger partial charge in [0.05, 0.1) is 34.0 Å². The molecule has 0 radical (unpaired) electrons. The molecular weight excluding hydrogens is 412 g/mol. The Kier molecular flexibility index (Phi) is 4.95. The van der Waals surface area contributed by atoms with Gasteiger partial charge in [-0.15, -0.1) is 4.91 Å². The zero-order valence-corrected chi connectivity index (χ0v) is 17.7. The van der Waals surface area contributed by atoms with Gasteiger partial charge in [0.1, 0.15) is 5.69 Å². The topological polar surface area (TPSA) is 79.0 Å². The van der Waals surface area contributed by atoms with Crippen molar-refractivity contribution in [1.29, 1.82) is 0 Å². The van der Waals surface area contributed by atoms with E-state index in [2.05, 4.69) is 11.8 Å². The standard InChI is InChI=1S/C27H20N4O2/c1-18-19-10-2-6-14-23(19)31(25-16-8-4-12-21(25)28)27(32)20-11-3-7-15-24(20)30(18)26-17-9-5-13-22(26)29-33/h2-17H,1,28H2. The molecule has 0 saturated heterocycles. The van der Waals surface area contributed by atoms with E-state index in [0.29, 0.717) is 39.7 Å². The fourth-order valence-electron chi connectivity index (χ4n) is 4.19. The molecule has 6 nitrogen and oxygen atoms in total. The van der Waals surface area contributed by atoms with E-state index in [0.717, 1.165) is 5.56 Å². The van der Waals surface area contributed by atoms with Crippen molar-refractivity contribution in [2.75, 3.05) is 15.5 Å². The molecule has 1 amide bonds. The van der Waals surface area contributed by atoms with Crippen LogP contribution in [0.4, 0.5) is 34.1 Å². The Morgan fingerprint density at radius 1 is 0.636 bits per heavy atom. The molecule has 0 atom stereocenters. The minimum atomic E-state index is -0.245. The lowest BCUT2D eigenvalue weighted by molar-refractivity contribution is 0.0999. The SMILES string of the molecule is C=C1c2ccccc2N(c2ccccc2N)C(=O)c2ccccc2N1c1ccccc1N=O. The zero-order valence-electron chi connectivity index (χ0n) is 17.7. The second kappa shape index (κ2) is 8.09. The number of rotatable bonds is 3. The highest BCUT2D eigenvalue weighted by molar-refractivity contribution is 6.19. The van der Waals surface area contributed by atoms with Crippen LogP contribution in [0, 0.1) is 4.91 Å². The normalized spacial score (nSPS) is 13.1. The number of carbonyl (C=O) groups is 1. The van der Waals surface area contributed by atoms with Gasteiger partial charge in [0.25, 0.3) is 5.91 Å².